The molecular formula is C16H25NO2. The normalized spacial score (nSPS) is 17.9. The fourth-order valence-corrected chi connectivity index (χ4v) is 2.65. The molecule has 1 aliphatic rings. The zero-order valence-electron chi connectivity index (χ0n) is 12.0. The van der Waals surface area contributed by atoms with Crippen LogP contribution in [-0.4, -0.2) is 23.4 Å². The highest BCUT2D eigenvalue weighted by Gasteiger charge is 2.30. The van der Waals surface area contributed by atoms with Crippen molar-refractivity contribution in [2.75, 3.05) is 6.54 Å². The van der Waals surface area contributed by atoms with Crippen molar-refractivity contribution >= 4 is 0 Å². The number of hydrogen-bond acceptors (Lipinski definition) is 3. The molecule has 0 atom stereocenters. The molecule has 0 bridgehead atoms. The molecule has 0 aliphatic heterocycles. The molecular weight excluding hydrogens is 238 g/mol. The number of ether oxygens (including phenoxy) is 1. The van der Waals surface area contributed by atoms with E-state index in [2.05, 4.69) is 17.4 Å². The summed E-state index contributed by atoms with van der Waals surface area (Å²) in [5.74, 6) is 0.911. The number of nitrogens with one attached hydrogen (secondary N) is 1. The predicted octanol–water partition coefficient (Wildman–Crippen LogP) is 2.87. The zero-order chi connectivity index (χ0) is 13.7. The first-order chi connectivity index (χ1) is 9.07. The van der Waals surface area contributed by atoms with E-state index in [-0.39, 0.29) is 6.10 Å². The molecule has 0 spiro atoms. The lowest BCUT2D eigenvalue weighted by Crippen LogP contribution is -2.37. The molecule has 1 saturated carbocycles. The van der Waals surface area contributed by atoms with Crippen molar-refractivity contribution in [3.8, 4) is 5.75 Å². The fraction of sp³-hybridized carbons (Fsp3) is 0.625. The zero-order valence-corrected chi connectivity index (χ0v) is 12.0. The maximum Gasteiger partial charge on any atom is 0.120 e. The van der Waals surface area contributed by atoms with E-state index in [4.69, 9.17) is 4.74 Å². The van der Waals surface area contributed by atoms with Gasteiger partial charge in [0, 0.05) is 13.1 Å². The van der Waals surface area contributed by atoms with E-state index < -0.39 is 5.60 Å². The lowest BCUT2D eigenvalue weighted by atomic mass is 10.0. The maximum atomic E-state index is 10.3. The minimum Gasteiger partial charge on any atom is -0.491 e. The van der Waals surface area contributed by atoms with Gasteiger partial charge in [-0.2, -0.15) is 0 Å². The molecule has 1 aromatic carbocycles. The SMILES string of the molecule is CC(C)Oc1cccc(CNCC2(O)CCCC2)c1. The molecule has 2 N–H and O–H groups in total. The van der Waals surface area contributed by atoms with Gasteiger partial charge in [0.1, 0.15) is 5.75 Å². The Kier molecular flexibility index (Phi) is 4.83. The van der Waals surface area contributed by atoms with E-state index in [0.717, 1.165) is 38.0 Å². The first-order valence-corrected chi connectivity index (χ1v) is 7.26. The summed E-state index contributed by atoms with van der Waals surface area (Å²) >= 11 is 0. The Morgan fingerprint density at radius 2 is 2.05 bits per heavy atom. The minimum atomic E-state index is -0.480. The summed E-state index contributed by atoms with van der Waals surface area (Å²) in [6.45, 7) is 5.51. The van der Waals surface area contributed by atoms with Crippen molar-refractivity contribution in [2.45, 2.75) is 57.8 Å². The molecule has 0 aromatic heterocycles. The topological polar surface area (TPSA) is 41.5 Å². The van der Waals surface area contributed by atoms with Gasteiger partial charge in [0.25, 0.3) is 0 Å². The predicted molar refractivity (Wildman–Crippen MR) is 77.3 cm³/mol. The fourth-order valence-electron chi connectivity index (χ4n) is 2.65. The van der Waals surface area contributed by atoms with E-state index in [1.165, 1.54) is 5.56 Å². The standard InChI is InChI=1S/C16H25NO2/c1-13(2)19-15-7-5-6-14(10-15)11-17-12-16(18)8-3-4-9-16/h5-7,10,13,17-18H,3-4,8-9,11-12H2,1-2H3. The Balaban J connectivity index is 1.82. The molecule has 1 fully saturated rings. The molecule has 0 amide bonds. The van der Waals surface area contributed by atoms with Crippen molar-refractivity contribution < 1.29 is 9.84 Å². The third-order valence-corrected chi connectivity index (χ3v) is 3.59. The lowest BCUT2D eigenvalue weighted by Gasteiger charge is -2.22. The molecule has 1 aliphatic carbocycles. The second kappa shape index (κ2) is 6.40. The van der Waals surface area contributed by atoms with Crippen molar-refractivity contribution in [3.05, 3.63) is 29.8 Å². The van der Waals surface area contributed by atoms with Crippen molar-refractivity contribution in [1.82, 2.24) is 5.32 Å². The van der Waals surface area contributed by atoms with Crippen LogP contribution >= 0.6 is 0 Å². The monoisotopic (exact) mass is 263 g/mol. The Morgan fingerprint density at radius 3 is 2.74 bits per heavy atom. The molecule has 0 heterocycles. The Labute approximate surface area is 116 Å². The summed E-state index contributed by atoms with van der Waals surface area (Å²) < 4.78 is 5.68. The third kappa shape index (κ3) is 4.51. The van der Waals surface area contributed by atoms with Gasteiger partial charge in [-0.25, -0.2) is 0 Å². The van der Waals surface area contributed by atoms with Crippen molar-refractivity contribution in [1.29, 1.82) is 0 Å². The van der Waals surface area contributed by atoms with E-state index in [1.54, 1.807) is 0 Å². The second-order valence-electron chi connectivity index (χ2n) is 5.85. The van der Waals surface area contributed by atoms with E-state index in [9.17, 15) is 5.11 Å². The first-order valence-electron chi connectivity index (χ1n) is 7.26. The average Bonchev–Trinajstić information content (AvgIpc) is 2.76. The number of benzene rings is 1. The van der Waals surface area contributed by atoms with Gasteiger partial charge in [-0.1, -0.05) is 25.0 Å². The van der Waals surface area contributed by atoms with Crippen LogP contribution in [0.3, 0.4) is 0 Å². The van der Waals surface area contributed by atoms with Crippen molar-refractivity contribution in [2.24, 2.45) is 0 Å². The van der Waals surface area contributed by atoms with Crippen LogP contribution < -0.4 is 10.1 Å². The highest BCUT2D eigenvalue weighted by atomic mass is 16.5. The highest BCUT2D eigenvalue weighted by molar-refractivity contribution is 5.28. The molecule has 1 aromatic rings. The van der Waals surface area contributed by atoms with E-state index in [0.29, 0.717) is 6.54 Å². The van der Waals surface area contributed by atoms with Crippen LogP contribution in [0, 0.1) is 0 Å². The molecule has 3 nitrogen and oxygen atoms in total. The number of aliphatic hydroxyl groups is 1. The summed E-state index contributed by atoms with van der Waals surface area (Å²) in [5.41, 5.74) is 0.714. The van der Waals surface area contributed by atoms with Gasteiger partial charge in [-0.05, 0) is 44.4 Å². The Bertz CT molecular complexity index is 397. The summed E-state index contributed by atoms with van der Waals surface area (Å²) in [6, 6.07) is 8.14. The average molecular weight is 263 g/mol. The summed E-state index contributed by atoms with van der Waals surface area (Å²) in [7, 11) is 0. The van der Waals surface area contributed by atoms with Crippen LogP contribution in [0.2, 0.25) is 0 Å². The smallest absolute Gasteiger partial charge is 0.120 e. The van der Waals surface area contributed by atoms with Gasteiger partial charge in [0.2, 0.25) is 0 Å². The second-order valence-corrected chi connectivity index (χ2v) is 5.85. The molecule has 0 saturated heterocycles. The van der Waals surface area contributed by atoms with Crippen LogP contribution in [0.5, 0.6) is 5.75 Å². The van der Waals surface area contributed by atoms with E-state index >= 15 is 0 Å². The van der Waals surface area contributed by atoms with Crippen molar-refractivity contribution in [3.63, 3.8) is 0 Å². The molecule has 2 rings (SSSR count). The molecule has 0 radical (unpaired) electrons. The molecule has 3 heteroatoms. The van der Waals surface area contributed by atoms with Crippen LogP contribution in [0.1, 0.15) is 45.1 Å². The van der Waals surface area contributed by atoms with Gasteiger partial charge in [0.15, 0.2) is 0 Å². The largest absolute Gasteiger partial charge is 0.491 e. The summed E-state index contributed by atoms with van der Waals surface area (Å²) in [4.78, 5) is 0. The third-order valence-electron chi connectivity index (χ3n) is 3.59. The Morgan fingerprint density at radius 1 is 1.32 bits per heavy atom. The van der Waals surface area contributed by atoms with Gasteiger partial charge >= 0.3 is 0 Å². The van der Waals surface area contributed by atoms with Crippen LogP contribution in [0.25, 0.3) is 0 Å². The van der Waals surface area contributed by atoms with Crippen LogP contribution in [0.15, 0.2) is 24.3 Å². The van der Waals surface area contributed by atoms with Gasteiger partial charge < -0.3 is 15.2 Å². The summed E-state index contributed by atoms with van der Waals surface area (Å²) in [6.07, 6.45) is 4.35. The first kappa shape index (κ1) is 14.4. The van der Waals surface area contributed by atoms with Crippen LogP contribution in [0.4, 0.5) is 0 Å². The minimum absolute atomic E-state index is 0.197. The number of hydrogen-bond donors (Lipinski definition) is 2. The lowest BCUT2D eigenvalue weighted by molar-refractivity contribution is 0.0475. The highest BCUT2D eigenvalue weighted by Crippen LogP contribution is 2.28. The van der Waals surface area contributed by atoms with Gasteiger partial charge in [-0.15, -0.1) is 0 Å². The van der Waals surface area contributed by atoms with Gasteiger partial charge in [-0.3, -0.25) is 0 Å². The van der Waals surface area contributed by atoms with E-state index in [1.807, 2.05) is 26.0 Å². The quantitative estimate of drug-likeness (QED) is 0.829. The molecule has 106 valence electrons. The molecule has 0 unspecified atom stereocenters. The molecule has 19 heavy (non-hydrogen) atoms. The van der Waals surface area contributed by atoms with Gasteiger partial charge in [0.05, 0.1) is 11.7 Å². The summed E-state index contributed by atoms with van der Waals surface area (Å²) in [5, 5.41) is 13.6. The Hall–Kier alpha value is -1.06. The van der Waals surface area contributed by atoms with Crippen LogP contribution in [-0.2, 0) is 6.54 Å². The number of rotatable bonds is 6. The maximum absolute atomic E-state index is 10.3.